The van der Waals surface area contributed by atoms with Gasteiger partial charge in [0.2, 0.25) is 5.91 Å². The van der Waals surface area contributed by atoms with Gasteiger partial charge in [-0.05, 0) is 18.9 Å². The monoisotopic (exact) mass is 438 g/mol. The molecule has 4 atom stereocenters. The van der Waals surface area contributed by atoms with Crippen LogP contribution in [0, 0.1) is 12.3 Å². The SMILES string of the molecule is C#C[C@@]1(O)[C@@H](COC(=O)CCCCCCC(=O)NO)O[C@@H](n2ccc(N)nc2=O)[C@@H]1O. The third-order valence-electron chi connectivity index (χ3n) is 4.93. The van der Waals surface area contributed by atoms with Crippen LogP contribution in [-0.2, 0) is 19.1 Å². The lowest BCUT2D eigenvalue weighted by Crippen LogP contribution is -2.48. The van der Waals surface area contributed by atoms with Crippen LogP contribution in [-0.4, -0.2) is 61.3 Å². The summed E-state index contributed by atoms with van der Waals surface area (Å²) >= 11 is 0. The van der Waals surface area contributed by atoms with Gasteiger partial charge < -0.3 is 25.4 Å². The largest absolute Gasteiger partial charge is 0.463 e. The quantitative estimate of drug-likeness (QED) is 0.0980. The van der Waals surface area contributed by atoms with Crippen LogP contribution in [0.5, 0.6) is 0 Å². The lowest BCUT2D eigenvalue weighted by atomic mass is 9.93. The molecule has 1 fully saturated rings. The summed E-state index contributed by atoms with van der Waals surface area (Å²) < 4.78 is 11.6. The van der Waals surface area contributed by atoms with Crippen LogP contribution in [0.1, 0.15) is 44.8 Å². The fourth-order valence-corrected chi connectivity index (χ4v) is 3.14. The normalized spacial score (nSPS) is 25.0. The number of aliphatic hydroxyl groups excluding tert-OH is 1. The van der Waals surface area contributed by atoms with E-state index in [2.05, 4.69) is 10.9 Å². The molecule has 2 rings (SSSR count). The Hall–Kier alpha value is -2.98. The van der Waals surface area contributed by atoms with E-state index in [0.29, 0.717) is 25.7 Å². The number of esters is 1. The first kappa shape index (κ1) is 24.3. The zero-order valence-electron chi connectivity index (χ0n) is 16.8. The molecule has 1 saturated heterocycles. The predicted octanol–water partition coefficient (Wildman–Crippen LogP) is -1.16. The van der Waals surface area contributed by atoms with Crippen molar-refractivity contribution in [1.29, 1.82) is 0 Å². The number of nitrogens with zero attached hydrogens (tertiary/aromatic N) is 2. The maximum atomic E-state index is 12.0. The number of nitrogens with one attached hydrogen (secondary N) is 1. The highest BCUT2D eigenvalue weighted by molar-refractivity contribution is 5.74. The first-order valence-electron chi connectivity index (χ1n) is 9.69. The van der Waals surface area contributed by atoms with E-state index < -0.39 is 48.2 Å². The van der Waals surface area contributed by atoms with E-state index in [-0.39, 0.29) is 18.7 Å². The number of aromatic nitrogens is 2. The molecule has 1 aliphatic heterocycles. The third-order valence-corrected chi connectivity index (χ3v) is 4.93. The van der Waals surface area contributed by atoms with Gasteiger partial charge in [-0.25, -0.2) is 10.3 Å². The molecule has 1 aromatic rings. The van der Waals surface area contributed by atoms with Gasteiger partial charge in [0, 0.05) is 19.0 Å². The van der Waals surface area contributed by atoms with Crippen molar-refractivity contribution in [2.75, 3.05) is 12.3 Å². The standard InChI is InChI=1S/C19H26N4O8/c1-2-19(28)12(11-30-15(25)8-6-4-3-5-7-14(24)22-29)31-17(16(19)26)23-10-9-13(20)21-18(23)27/h1,9-10,12,16-17,26,28-29H,3-8,11H2,(H,22,24)(H2,20,21,27)/t12-,16+,17-,19-/m1/s1. The van der Waals surface area contributed by atoms with Gasteiger partial charge in [-0.2, -0.15) is 4.98 Å². The van der Waals surface area contributed by atoms with Crippen molar-refractivity contribution in [3.63, 3.8) is 0 Å². The molecule has 0 bridgehead atoms. The Morgan fingerprint density at radius 2 is 2.03 bits per heavy atom. The molecule has 170 valence electrons. The highest BCUT2D eigenvalue weighted by atomic mass is 16.6. The Kier molecular flexibility index (Phi) is 8.52. The predicted molar refractivity (Wildman–Crippen MR) is 105 cm³/mol. The van der Waals surface area contributed by atoms with E-state index in [0.717, 1.165) is 4.57 Å². The molecule has 31 heavy (non-hydrogen) atoms. The summed E-state index contributed by atoms with van der Waals surface area (Å²) in [5, 5.41) is 29.5. The number of unbranched alkanes of at least 4 members (excludes halogenated alkanes) is 3. The molecule has 0 radical (unpaired) electrons. The van der Waals surface area contributed by atoms with Gasteiger partial charge >= 0.3 is 11.7 Å². The Bertz CT molecular complexity index is 882. The summed E-state index contributed by atoms with van der Waals surface area (Å²) in [7, 11) is 0. The maximum Gasteiger partial charge on any atom is 0.351 e. The molecular weight excluding hydrogens is 412 g/mol. The van der Waals surface area contributed by atoms with E-state index in [9.17, 15) is 24.6 Å². The van der Waals surface area contributed by atoms with Gasteiger partial charge in [-0.15, -0.1) is 6.42 Å². The average Bonchev–Trinajstić information content (AvgIpc) is 2.99. The van der Waals surface area contributed by atoms with Crippen LogP contribution >= 0.6 is 0 Å². The molecule has 0 saturated carbocycles. The van der Waals surface area contributed by atoms with Gasteiger partial charge in [0.1, 0.15) is 24.6 Å². The Morgan fingerprint density at radius 3 is 2.65 bits per heavy atom. The van der Waals surface area contributed by atoms with E-state index in [4.69, 9.17) is 26.8 Å². The second-order valence-electron chi connectivity index (χ2n) is 7.10. The van der Waals surface area contributed by atoms with Crippen molar-refractivity contribution in [2.24, 2.45) is 0 Å². The molecule has 6 N–H and O–H groups in total. The smallest absolute Gasteiger partial charge is 0.351 e. The minimum absolute atomic E-state index is 0.0249. The third kappa shape index (κ3) is 6.02. The van der Waals surface area contributed by atoms with Crippen molar-refractivity contribution >= 4 is 17.7 Å². The number of rotatable bonds is 10. The highest BCUT2D eigenvalue weighted by Gasteiger charge is 2.56. The van der Waals surface area contributed by atoms with E-state index in [1.165, 1.54) is 12.3 Å². The fourth-order valence-electron chi connectivity index (χ4n) is 3.14. The number of carbonyl (C=O) groups excluding carboxylic acids is 2. The van der Waals surface area contributed by atoms with Crippen LogP contribution in [0.3, 0.4) is 0 Å². The van der Waals surface area contributed by atoms with Crippen LogP contribution in [0.25, 0.3) is 0 Å². The van der Waals surface area contributed by atoms with Crippen molar-refractivity contribution in [3.8, 4) is 12.3 Å². The minimum atomic E-state index is -2.20. The average molecular weight is 438 g/mol. The Morgan fingerprint density at radius 1 is 1.35 bits per heavy atom. The Labute approximate surface area is 177 Å². The van der Waals surface area contributed by atoms with Gasteiger partial charge in [-0.3, -0.25) is 19.4 Å². The number of ether oxygens (including phenoxy) is 2. The van der Waals surface area contributed by atoms with E-state index in [1.807, 2.05) is 0 Å². The second kappa shape index (κ2) is 10.9. The number of anilines is 1. The highest BCUT2D eigenvalue weighted by Crippen LogP contribution is 2.36. The van der Waals surface area contributed by atoms with E-state index in [1.54, 1.807) is 5.48 Å². The topological polar surface area (TPSA) is 186 Å². The first-order valence-corrected chi connectivity index (χ1v) is 9.69. The first-order chi connectivity index (χ1) is 14.7. The molecule has 12 nitrogen and oxygen atoms in total. The van der Waals surface area contributed by atoms with Gasteiger partial charge in [0.05, 0.1) is 0 Å². The fraction of sp³-hybridized carbons (Fsp3) is 0.579. The lowest BCUT2D eigenvalue weighted by Gasteiger charge is -2.25. The van der Waals surface area contributed by atoms with Crippen LogP contribution < -0.4 is 16.9 Å². The van der Waals surface area contributed by atoms with Crippen LogP contribution in [0.4, 0.5) is 5.82 Å². The maximum absolute atomic E-state index is 12.0. The van der Waals surface area contributed by atoms with E-state index >= 15 is 0 Å². The second-order valence-corrected chi connectivity index (χ2v) is 7.10. The number of hydrogen-bond acceptors (Lipinski definition) is 10. The summed E-state index contributed by atoms with van der Waals surface area (Å²) in [6.07, 6.45) is 5.07. The number of nitrogen functional groups attached to an aromatic ring is 1. The zero-order chi connectivity index (χ0) is 23.0. The molecule has 1 aromatic heterocycles. The molecule has 1 amide bonds. The van der Waals surface area contributed by atoms with Crippen molar-refractivity contribution in [1.82, 2.24) is 15.0 Å². The van der Waals surface area contributed by atoms with Crippen LogP contribution in [0.15, 0.2) is 17.1 Å². The summed E-state index contributed by atoms with van der Waals surface area (Å²) in [5.41, 5.74) is 3.98. The summed E-state index contributed by atoms with van der Waals surface area (Å²) in [6, 6.07) is 1.32. The molecule has 0 aliphatic carbocycles. The van der Waals surface area contributed by atoms with Crippen LogP contribution in [0.2, 0.25) is 0 Å². The molecule has 1 aliphatic rings. The lowest BCUT2D eigenvalue weighted by molar-refractivity contribution is -0.151. The number of hydrogen-bond donors (Lipinski definition) is 5. The summed E-state index contributed by atoms with van der Waals surface area (Å²) in [6.45, 7) is -0.430. The van der Waals surface area contributed by atoms with Gasteiger partial charge in [-0.1, -0.05) is 18.8 Å². The molecular formula is C19H26N4O8. The molecule has 12 heteroatoms. The van der Waals surface area contributed by atoms with Gasteiger partial charge in [0.25, 0.3) is 0 Å². The van der Waals surface area contributed by atoms with Crippen molar-refractivity contribution in [3.05, 3.63) is 22.7 Å². The van der Waals surface area contributed by atoms with Gasteiger partial charge in [0.15, 0.2) is 11.8 Å². The number of nitrogens with two attached hydrogens (primary N) is 1. The summed E-state index contributed by atoms with van der Waals surface area (Å²) in [4.78, 5) is 38.4. The molecule has 0 unspecified atom stereocenters. The number of amides is 1. The molecule has 2 heterocycles. The number of aliphatic hydroxyl groups is 2. The number of hydroxylamine groups is 1. The van der Waals surface area contributed by atoms with Crippen molar-refractivity contribution < 1.29 is 34.5 Å². The number of carbonyl (C=O) groups is 2. The van der Waals surface area contributed by atoms with Crippen molar-refractivity contribution in [2.45, 2.75) is 62.6 Å². The molecule has 0 aromatic carbocycles. The number of terminal acetylenes is 1. The summed E-state index contributed by atoms with van der Waals surface area (Å²) in [5.74, 6) is 1.01. The zero-order valence-corrected chi connectivity index (χ0v) is 16.8. The Balaban J connectivity index is 1.86. The minimum Gasteiger partial charge on any atom is -0.463 e. The molecule has 0 spiro atoms.